The lowest BCUT2D eigenvalue weighted by molar-refractivity contribution is -0.137. The summed E-state index contributed by atoms with van der Waals surface area (Å²) in [7, 11) is 0. The Morgan fingerprint density at radius 3 is 2.39 bits per heavy atom. The van der Waals surface area contributed by atoms with Crippen LogP contribution in [0.1, 0.15) is 39.3 Å². The number of fused-ring (bicyclic) bond motifs is 1. The number of carbonyl (C=O) groups excluding carboxylic acids is 1. The molecule has 10 heteroatoms. The molecule has 2 heterocycles. The zero-order valence-corrected chi connectivity index (χ0v) is 15.9. The van der Waals surface area contributed by atoms with Crippen LogP contribution in [0.25, 0.3) is 0 Å². The SMILES string of the molecule is O=C(c1cc(C(F)F)[nH]n1)N1CCc2ccc(Oc3ccc(C(F)(F)F)cc3)cc2C1. The predicted molar refractivity (Wildman–Crippen MR) is 99.9 cm³/mol. The summed E-state index contributed by atoms with van der Waals surface area (Å²) in [5, 5.41) is 5.82. The maximum Gasteiger partial charge on any atom is 0.416 e. The third-order valence-electron chi connectivity index (χ3n) is 4.95. The number of halogens is 5. The molecular formula is C21H16F5N3O2. The first-order valence-corrected chi connectivity index (χ1v) is 9.30. The second-order valence-electron chi connectivity index (χ2n) is 7.04. The van der Waals surface area contributed by atoms with E-state index in [-0.39, 0.29) is 18.0 Å². The molecule has 31 heavy (non-hydrogen) atoms. The number of H-pyrrole nitrogens is 1. The average Bonchev–Trinajstić information content (AvgIpc) is 3.23. The number of nitrogens with one attached hydrogen (secondary N) is 1. The van der Waals surface area contributed by atoms with Crippen LogP contribution >= 0.6 is 0 Å². The molecule has 1 aliphatic heterocycles. The second kappa shape index (κ2) is 8.01. The number of amides is 1. The summed E-state index contributed by atoms with van der Waals surface area (Å²) in [6.45, 7) is 0.636. The van der Waals surface area contributed by atoms with Gasteiger partial charge in [0.2, 0.25) is 0 Å². The van der Waals surface area contributed by atoms with E-state index in [0.717, 1.165) is 29.3 Å². The minimum atomic E-state index is -4.43. The molecule has 5 nitrogen and oxygen atoms in total. The molecule has 0 bridgehead atoms. The van der Waals surface area contributed by atoms with E-state index in [0.29, 0.717) is 18.7 Å². The van der Waals surface area contributed by atoms with Gasteiger partial charge in [0.1, 0.15) is 17.2 Å². The van der Waals surface area contributed by atoms with E-state index in [2.05, 4.69) is 10.2 Å². The summed E-state index contributed by atoms with van der Waals surface area (Å²) < 4.78 is 69.1. The number of hydrogen-bond donors (Lipinski definition) is 1. The van der Waals surface area contributed by atoms with Crippen LogP contribution in [0.3, 0.4) is 0 Å². The van der Waals surface area contributed by atoms with E-state index < -0.39 is 29.8 Å². The monoisotopic (exact) mass is 437 g/mol. The normalized spacial score (nSPS) is 13.9. The third-order valence-corrected chi connectivity index (χ3v) is 4.95. The van der Waals surface area contributed by atoms with Crippen molar-refractivity contribution in [3.63, 3.8) is 0 Å². The molecule has 1 aliphatic rings. The van der Waals surface area contributed by atoms with Crippen LogP contribution in [-0.4, -0.2) is 27.5 Å². The summed E-state index contributed by atoms with van der Waals surface area (Å²) in [5.74, 6) is 0.183. The van der Waals surface area contributed by atoms with Gasteiger partial charge in [-0.2, -0.15) is 18.3 Å². The van der Waals surface area contributed by atoms with Gasteiger partial charge >= 0.3 is 6.18 Å². The number of benzene rings is 2. The molecule has 0 unspecified atom stereocenters. The third kappa shape index (κ3) is 4.52. The second-order valence-corrected chi connectivity index (χ2v) is 7.04. The zero-order valence-electron chi connectivity index (χ0n) is 15.9. The van der Waals surface area contributed by atoms with Crippen molar-refractivity contribution in [1.29, 1.82) is 0 Å². The van der Waals surface area contributed by atoms with E-state index in [1.807, 2.05) is 6.07 Å². The van der Waals surface area contributed by atoms with Gasteiger partial charge in [0, 0.05) is 13.1 Å². The van der Waals surface area contributed by atoms with Crippen LogP contribution < -0.4 is 4.74 Å². The number of nitrogens with zero attached hydrogens (tertiary/aromatic N) is 2. The zero-order chi connectivity index (χ0) is 22.2. The Balaban J connectivity index is 1.48. The Bertz CT molecular complexity index is 1090. The number of ether oxygens (including phenoxy) is 1. The Kier molecular flexibility index (Phi) is 5.38. The fraction of sp³-hybridized carbons (Fsp3) is 0.238. The molecule has 2 aromatic carbocycles. The largest absolute Gasteiger partial charge is 0.457 e. The van der Waals surface area contributed by atoms with Gasteiger partial charge in [-0.05, 0) is 60.0 Å². The topological polar surface area (TPSA) is 58.2 Å². The number of aromatic amines is 1. The van der Waals surface area contributed by atoms with Gasteiger partial charge in [-0.1, -0.05) is 6.07 Å². The summed E-state index contributed by atoms with van der Waals surface area (Å²) in [5.41, 5.74) is 0.518. The highest BCUT2D eigenvalue weighted by Crippen LogP contribution is 2.32. The smallest absolute Gasteiger partial charge is 0.416 e. The Hall–Kier alpha value is -3.43. The number of rotatable bonds is 4. The maximum atomic E-state index is 12.7. The molecule has 0 radical (unpaired) electrons. The maximum absolute atomic E-state index is 12.7. The highest BCUT2D eigenvalue weighted by molar-refractivity contribution is 5.92. The molecule has 1 aromatic heterocycles. The average molecular weight is 437 g/mol. The summed E-state index contributed by atoms with van der Waals surface area (Å²) in [4.78, 5) is 14.1. The molecule has 0 spiro atoms. The molecule has 3 aromatic rings. The minimum Gasteiger partial charge on any atom is -0.457 e. The molecule has 0 fully saturated rings. The first kappa shape index (κ1) is 20.8. The van der Waals surface area contributed by atoms with Crippen molar-refractivity contribution >= 4 is 5.91 Å². The molecule has 1 N–H and O–H groups in total. The molecule has 4 rings (SSSR count). The van der Waals surface area contributed by atoms with Crippen molar-refractivity contribution in [3.05, 3.63) is 76.6 Å². The molecule has 1 amide bonds. The lowest BCUT2D eigenvalue weighted by Crippen LogP contribution is -2.36. The van der Waals surface area contributed by atoms with Crippen LogP contribution in [0.5, 0.6) is 11.5 Å². The Morgan fingerprint density at radius 1 is 1.03 bits per heavy atom. The highest BCUT2D eigenvalue weighted by atomic mass is 19.4. The van der Waals surface area contributed by atoms with Gasteiger partial charge in [0.15, 0.2) is 5.69 Å². The standard InChI is InChI=1S/C21H16F5N3O2/c22-19(23)17-10-18(28-27-17)20(30)29-8-7-12-1-4-16(9-13(12)11-29)31-15-5-2-14(3-6-15)21(24,25)26/h1-6,9-10,19H,7-8,11H2,(H,27,28). The van der Waals surface area contributed by atoms with Crippen molar-refractivity contribution in [3.8, 4) is 11.5 Å². The van der Waals surface area contributed by atoms with Crippen molar-refractivity contribution in [1.82, 2.24) is 15.1 Å². The number of aromatic nitrogens is 2. The fourth-order valence-corrected chi connectivity index (χ4v) is 3.34. The quantitative estimate of drug-likeness (QED) is 0.560. The van der Waals surface area contributed by atoms with Crippen molar-refractivity contribution in [2.75, 3.05) is 6.54 Å². The molecule has 0 saturated heterocycles. The number of carbonyl (C=O) groups is 1. The van der Waals surface area contributed by atoms with Crippen LogP contribution in [0, 0.1) is 0 Å². The van der Waals surface area contributed by atoms with Crippen LogP contribution in [0.4, 0.5) is 22.0 Å². The number of hydrogen-bond acceptors (Lipinski definition) is 3. The van der Waals surface area contributed by atoms with E-state index in [1.165, 1.54) is 17.0 Å². The Morgan fingerprint density at radius 2 is 1.74 bits per heavy atom. The summed E-state index contributed by atoms with van der Waals surface area (Å²) in [6, 6.07) is 10.6. The lowest BCUT2D eigenvalue weighted by Gasteiger charge is -2.28. The van der Waals surface area contributed by atoms with E-state index >= 15 is 0 Å². The molecule has 0 aliphatic carbocycles. The minimum absolute atomic E-state index is 0.0871. The van der Waals surface area contributed by atoms with Crippen LogP contribution in [0.15, 0.2) is 48.5 Å². The van der Waals surface area contributed by atoms with Gasteiger partial charge in [-0.25, -0.2) is 8.78 Å². The van der Waals surface area contributed by atoms with Gasteiger partial charge in [-0.3, -0.25) is 9.89 Å². The van der Waals surface area contributed by atoms with E-state index in [4.69, 9.17) is 4.74 Å². The van der Waals surface area contributed by atoms with Gasteiger partial charge in [0.25, 0.3) is 12.3 Å². The van der Waals surface area contributed by atoms with E-state index in [9.17, 15) is 26.7 Å². The van der Waals surface area contributed by atoms with Crippen molar-refractivity contribution < 1.29 is 31.5 Å². The molecule has 0 atom stereocenters. The van der Waals surface area contributed by atoms with Crippen LogP contribution in [0.2, 0.25) is 0 Å². The van der Waals surface area contributed by atoms with Crippen molar-refractivity contribution in [2.24, 2.45) is 0 Å². The van der Waals surface area contributed by atoms with Gasteiger partial charge in [0.05, 0.1) is 5.56 Å². The van der Waals surface area contributed by atoms with Gasteiger partial charge < -0.3 is 9.64 Å². The Labute approximate surface area is 173 Å². The molecular weight excluding hydrogens is 421 g/mol. The van der Waals surface area contributed by atoms with E-state index in [1.54, 1.807) is 12.1 Å². The fourth-order valence-electron chi connectivity index (χ4n) is 3.34. The molecule has 0 saturated carbocycles. The number of alkyl halides is 5. The summed E-state index contributed by atoms with van der Waals surface area (Å²) >= 11 is 0. The predicted octanol–water partition coefficient (Wildman–Crippen LogP) is 5.36. The first-order chi connectivity index (χ1) is 14.7. The first-order valence-electron chi connectivity index (χ1n) is 9.30. The highest BCUT2D eigenvalue weighted by Gasteiger charge is 2.30. The summed E-state index contributed by atoms with van der Waals surface area (Å²) in [6.07, 6.45) is -6.61. The lowest BCUT2D eigenvalue weighted by atomic mass is 9.99. The van der Waals surface area contributed by atoms with Crippen molar-refractivity contribution in [2.45, 2.75) is 25.6 Å². The molecule has 162 valence electrons. The van der Waals surface area contributed by atoms with Gasteiger partial charge in [-0.15, -0.1) is 0 Å². The van der Waals surface area contributed by atoms with Crippen LogP contribution in [-0.2, 0) is 19.1 Å².